The highest BCUT2D eigenvalue weighted by atomic mass is 31.2. The van der Waals surface area contributed by atoms with E-state index in [0.29, 0.717) is 19.3 Å². The molecule has 0 bridgehead atoms. The summed E-state index contributed by atoms with van der Waals surface area (Å²) < 4.78 is 26.2. The number of phosphoric ester groups is 1. The molecule has 0 saturated heterocycles. The minimum absolute atomic E-state index is 0.145. The van der Waals surface area contributed by atoms with Crippen molar-refractivity contribution in [3.63, 3.8) is 0 Å². The summed E-state index contributed by atoms with van der Waals surface area (Å²) in [6, 6.07) is 0. The van der Waals surface area contributed by atoms with Crippen molar-refractivity contribution in [2.45, 2.75) is 136 Å². The third-order valence-electron chi connectivity index (χ3n) is 7.09. The summed E-state index contributed by atoms with van der Waals surface area (Å²) in [5, 5.41) is 0. The molecule has 0 saturated carbocycles. The molecule has 8 nitrogen and oxygen atoms in total. The first-order chi connectivity index (χ1) is 24.3. The topological polar surface area (TPSA) is 119 Å². The van der Waals surface area contributed by atoms with Gasteiger partial charge in [-0.3, -0.25) is 14.1 Å². The van der Waals surface area contributed by atoms with E-state index in [4.69, 9.17) is 19.3 Å². The Kier molecular flexibility index (Phi) is 33.6. The average Bonchev–Trinajstić information content (AvgIpc) is 3.08. The van der Waals surface area contributed by atoms with Gasteiger partial charge in [-0.15, -0.1) is 0 Å². The normalized spacial score (nSPS) is 13.6. The van der Waals surface area contributed by atoms with Gasteiger partial charge in [0.05, 0.1) is 6.61 Å². The molecular formula is C41H65O8P. The molecule has 2 N–H and O–H groups in total. The van der Waals surface area contributed by atoms with Crippen LogP contribution in [0.1, 0.15) is 129 Å². The van der Waals surface area contributed by atoms with Crippen LogP contribution in [0.2, 0.25) is 0 Å². The van der Waals surface area contributed by atoms with Crippen molar-refractivity contribution in [2.75, 3.05) is 13.2 Å². The fraction of sp³-hybridized carbons (Fsp3) is 0.561. The van der Waals surface area contributed by atoms with Crippen molar-refractivity contribution in [1.29, 1.82) is 0 Å². The lowest BCUT2D eigenvalue weighted by atomic mass is 10.1. The molecule has 9 heteroatoms. The van der Waals surface area contributed by atoms with Gasteiger partial charge in [0.25, 0.3) is 0 Å². The van der Waals surface area contributed by atoms with Crippen LogP contribution in [0.4, 0.5) is 0 Å². The third kappa shape index (κ3) is 37.8. The summed E-state index contributed by atoms with van der Waals surface area (Å²) in [5.74, 6) is -1.01. The molecule has 0 unspecified atom stereocenters. The van der Waals surface area contributed by atoms with Crippen molar-refractivity contribution in [1.82, 2.24) is 0 Å². The number of carbonyl (C=O) groups is 2. The predicted octanol–water partition coefficient (Wildman–Crippen LogP) is 11.1. The summed E-state index contributed by atoms with van der Waals surface area (Å²) in [4.78, 5) is 42.7. The number of phosphoric acid groups is 1. The monoisotopic (exact) mass is 716 g/mol. The van der Waals surface area contributed by atoms with Crippen LogP contribution in [0, 0.1) is 0 Å². The van der Waals surface area contributed by atoms with Crippen LogP contribution in [0.5, 0.6) is 0 Å². The number of ether oxygens (including phenoxy) is 2. The molecule has 1 atom stereocenters. The number of rotatable bonds is 32. The summed E-state index contributed by atoms with van der Waals surface area (Å²) in [7, 11) is -4.78. The second-order valence-electron chi connectivity index (χ2n) is 11.8. The number of carbonyl (C=O) groups excluding carboxylic acids is 2. The number of unbranched alkanes of at least 4 members (excludes halogenated alkanes) is 6. The first kappa shape index (κ1) is 47.0. The molecule has 0 radical (unpaired) electrons. The highest BCUT2D eigenvalue weighted by Gasteiger charge is 2.22. The molecule has 50 heavy (non-hydrogen) atoms. The van der Waals surface area contributed by atoms with Crippen LogP contribution in [-0.2, 0) is 28.2 Å². The molecule has 0 aliphatic rings. The number of hydrogen-bond acceptors (Lipinski definition) is 6. The van der Waals surface area contributed by atoms with E-state index in [2.05, 4.69) is 110 Å². The lowest BCUT2D eigenvalue weighted by Gasteiger charge is -2.18. The molecule has 0 aliphatic carbocycles. The SMILES string of the molecule is CC/C=C\C/C=C\C/C=C\C/C=C\C/C=C\CCCC(=O)OC[C@H](COP(=O)(O)O)OC(=O)CCCC/C=C\C/C=C\C/C=C\CCCCC. The summed E-state index contributed by atoms with van der Waals surface area (Å²) in [6.07, 6.45) is 48.5. The van der Waals surface area contributed by atoms with E-state index >= 15 is 0 Å². The van der Waals surface area contributed by atoms with Gasteiger partial charge in [0.15, 0.2) is 6.10 Å². The second-order valence-corrected chi connectivity index (χ2v) is 13.0. The van der Waals surface area contributed by atoms with E-state index in [-0.39, 0.29) is 19.4 Å². The Morgan fingerprint density at radius 3 is 1.42 bits per heavy atom. The van der Waals surface area contributed by atoms with Crippen molar-refractivity contribution in [2.24, 2.45) is 0 Å². The van der Waals surface area contributed by atoms with Gasteiger partial charge in [-0.25, -0.2) is 4.57 Å². The van der Waals surface area contributed by atoms with Gasteiger partial charge in [-0.1, -0.05) is 124 Å². The van der Waals surface area contributed by atoms with Crippen LogP contribution in [0.25, 0.3) is 0 Å². The standard InChI is InChI=1S/C41H65O8P/c1-3-5-7-9-11-13-15-17-19-20-22-23-25-27-29-31-33-35-40(42)47-37-39(38-48-50(44,45)46)49-41(43)36-34-32-30-28-26-24-21-18-16-14-12-10-8-6-4-2/h5,7,11-14,17-19,21-23,26-29,39H,3-4,6,8-10,15-16,20,24-25,30-38H2,1-2H3,(H2,44,45,46)/b7-5-,13-11-,14-12-,19-17-,21-18-,23-22-,28-26-,29-27-/t39-/m1/s1. The Balaban J connectivity index is 4.18. The summed E-state index contributed by atoms with van der Waals surface area (Å²) >= 11 is 0. The van der Waals surface area contributed by atoms with Crippen LogP contribution < -0.4 is 0 Å². The Morgan fingerprint density at radius 1 is 0.540 bits per heavy atom. The fourth-order valence-electron chi connectivity index (χ4n) is 4.35. The average molecular weight is 717 g/mol. The zero-order chi connectivity index (χ0) is 36.8. The number of allylic oxidation sites excluding steroid dienone is 16. The van der Waals surface area contributed by atoms with Gasteiger partial charge < -0.3 is 19.3 Å². The Morgan fingerprint density at radius 2 is 0.960 bits per heavy atom. The Hall–Kier alpha value is -3.03. The fourth-order valence-corrected chi connectivity index (χ4v) is 4.71. The molecule has 0 aromatic carbocycles. The van der Waals surface area contributed by atoms with E-state index in [9.17, 15) is 14.2 Å². The zero-order valence-electron chi connectivity index (χ0n) is 30.7. The lowest BCUT2D eigenvalue weighted by Crippen LogP contribution is -2.29. The zero-order valence-corrected chi connectivity index (χ0v) is 31.6. The maximum absolute atomic E-state index is 12.3. The van der Waals surface area contributed by atoms with Gasteiger partial charge in [0.1, 0.15) is 6.61 Å². The van der Waals surface area contributed by atoms with E-state index in [1.807, 2.05) is 6.08 Å². The second kappa shape index (κ2) is 35.8. The summed E-state index contributed by atoms with van der Waals surface area (Å²) in [6.45, 7) is 3.43. The Bertz CT molecular complexity index is 1120. The minimum atomic E-state index is -4.78. The molecule has 0 aromatic heterocycles. The quantitative estimate of drug-likeness (QED) is 0.0305. The number of hydrogen-bond donors (Lipinski definition) is 2. The number of esters is 2. The molecule has 0 spiro atoms. The molecule has 282 valence electrons. The van der Waals surface area contributed by atoms with Crippen molar-refractivity contribution >= 4 is 19.8 Å². The third-order valence-corrected chi connectivity index (χ3v) is 7.57. The molecule has 0 rings (SSSR count). The van der Waals surface area contributed by atoms with Gasteiger partial charge >= 0.3 is 19.8 Å². The maximum Gasteiger partial charge on any atom is 0.469 e. The lowest BCUT2D eigenvalue weighted by molar-refractivity contribution is -0.161. The van der Waals surface area contributed by atoms with Crippen LogP contribution in [0.3, 0.4) is 0 Å². The first-order valence-corrected chi connectivity index (χ1v) is 20.1. The van der Waals surface area contributed by atoms with Gasteiger partial charge in [-0.05, 0) is 89.9 Å². The van der Waals surface area contributed by atoms with Crippen LogP contribution in [-0.4, -0.2) is 41.0 Å². The molecule has 0 amide bonds. The highest BCUT2D eigenvalue weighted by Crippen LogP contribution is 2.35. The van der Waals surface area contributed by atoms with Gasteiger partial charge in [0.2, 0.25) is 0 Å². The Labute approximate surface area is 303 Å². The van der Waals surface area contributed by atoms with E-state index in [1.165, 1.54) is 19.3 Å². The van der Waals surface area contributed by atoms with Crippen molar-refractivity contribution in [3.8, 4) is 0 Å². The largest absolute Gasteiger partial charge is 0.469 e. The van der Waals surface area contributed by atoms with Crippen molar-refractivity contribution < 1.29 is 37.9 Å². The summed E-state index contributed by atoms with van der Waals surface area (Å²) in [5.41, 5.74) is 0. The predicted molar refractivity (Wildman–Crippen MR) is 206 cm³/mol. The van der Waals surface area contributed by atoms with E-state index in [0.717, 1.165) is 64.2 Å². The molecular weight excluding hydrogens is 651 g/mol. The van der Waals surface area contributed by atoms with Crippen LogP contribution >= 0.6 is 7.82 Å². The van der Waals surface area contributed by atoms with Gasteiger partial charge in [-0.2, -0.15) is 0 Å². The molecule has 0 aliphatic heterocycles. The molecule has 0 fully saturated rings. The van der Waals surface area contributed by atoms with Crippen LogP contribution in [0.15, 0.2) is 97.2 Å². The minimum Gasteiger partial charge on any atom is -0.462 e. The van der Waals surface area contributed by atoms with E-state index in [1.54, 1.807) is 0 Å². The maximum atomic E-state index is 12.3. The first-order valence-electron chi connectivity index (χ1n) is 18.5. The van der Waals surface area contributed by atoms with Gasteiger partial charge in [0, 0.05) is 12.8 Å². The molecule has 0 heterocycles. The molecule has 0 aromatic rings. The highest BCUT2D eigenvalue weighted by molar-refractivity contribution is 7.46. The van der Waals surface area contributed by atoms with E-state index < -0.39 is 32.5 Å². The smallest absolute Gasteiger partial charge is 0.462 e. The van der Waals surface area contributed by atoms with Crippen molar-refractivity contribution in [3.05, 3.63) is 97.2 Å².